The van der Waals surface area contributed by atoms with E-state index in [4.69, 9.17) is 9.53 Å². The highest BCUT2D eigenvalue weighted by molar-refractivity contribution is 9.09. The molecule has 0 aromatic rings. The molecule has 0 aliphatic heterocycles. The predicted molar refractivity (Wildman–Crippen MR) is 69.0 cm³/mol. The Hall–Kier alpha value is 0.577. The number of aliphatic hydroxyl groups is 2. The first-order chi connectivity index (χ1) is 6.62. The van der Waals surface area contributed by atoms with Crippen LogP contribution in [0.4, 0.5) is 0 Å². The largest absolute Gasteiger partial charge is 0.414 e. The van der Waals surface area contributed by atoms with Gasteiger partial charge < -0.3 is 14.6 Å². The van der Waals surface area contributed by atoms with Crippen molar-refractivity contribution in [3.05, 3.63) is 0 Å². The van der Waals surface area contributed by atoms with Crippen LogP contribution in [0.15, 0.2) is 0 Å². The third kappa shape index (κ3) is 4.95. The Morgan fingerprint density at radius 2 is 1.80 bits per heavy atom. The van der Waals surface area contributed by atoms with E-state index in [1.54, 1.807) is 0 Å². The Balaban J connectivity index is 4.16. The molecule has 0 amide bonds. The zero-order valence-electron chi connectivity index (χ0n) is 10.2. The van der Waals surface area contributed by atoms with Gasteiger partial charge >= 0.3 is 0 Å². The third-order valence-corrected chi connectivity index (χ3v) is 8.41. The minimum atomic E-state index is -1.79. The van der Waals surface area contributed by atoms with Gasteiger partial charge in [0.25, 0.3) is 0 Å². The molecule has 0 saturated carbocycles. The minimum absolute atomic E-state index is 0.0813. The van der Waals surface area contributed by atoms with Crippen LogP contribution in [0.25, 0.3) is 0 Å². The number of hydrogen-bond donors (Lipinski definition) is 2. The lowest BCUT2D eigenvalue weighted by Crippen LogP contribution is -2.44. The average Bonchev–Trinajstić information content (AvgIpc) is 2.11. The van der Waals surface area contributed by atoms with Crippen molar-refractivity contribution in [2.45, 2.75) is 49.8 Å². The van der Waals surface area contributed by atoms with Crippen LogP contribution in [0.1, 0.15) is 20.8 Å². The topological polar surface area (TPSA) is 49.7 Å². The maximum Gasteiger partial charge on any atom is 0.192 e. The Bertz CT molecular complexity index is 192. The first kappa shape index (κ1) is 15.6. The fourth-order valence-electron chi connectivity index (χ4n) is 0.736. The molecule has 15 heavy (non-hydrogen) atoms. The van der Waals surface area contributed by atoms with Crippen molar-refractivity contribution in [1.82, 2.24) is 0 Å². The minimum Gasteiger partial charge on any atom is -0.414 e. The molecule has 0 radical (unpaired) electrons. The lowest BCUT2D eigenvalue weighted by molar-refractivity contribution is 0.0836. The van der Waals surface area contributed by atoms with Gasteiger partial charge in [-0.25, -0.2) is 0 Å². The molecule has 5 heteroatoms. The smallest absolute Gasteiger partial charge is 0.192 e. The summed E-state index contributed by atoms with van der Waals surface area (Å²) >= 11 is 3.20. The zero-order valence-corrected chi connectivity index (χ0v) is 12.8. The molecule has 0 unspecified atom stereocenters. The van der Waals surface area contributed by atoms with Crippen LogP contribution in [0.5, 0.6) is 0 Å². The van der Waals surface area contributed by atoms with Crippen LogP contribution in [0.3, 0.4) is 0 Å². The van der Waals surface area contributed by atoms with Crippen molar-refractivity contribution in [3.8, 4) is 0 Å². The van der Waals surface area contributed by atoms with Crippen LogP contribution in [0, 0.1) is 0 Å². The molecule has 2 atom stereocenters. The van der Waals surface area contributed by atoms with Crippen LogP contribution >= 0.6 is 15.9 Å². The lowest BCUT2D eigenvalue weighted by Gasteiger charge is -2.37. The molecule has 0 bridgehead atoms. The third-order valence-electron chi connectivity index (χ3n) is 3.01. The monoisotopic (exact) mass is 298 g/mol. The van der Waals surface area contributed by atoms with Crippen molar-refractivity contribution < 1.29 is 14.6 Å². The molecule has 0 aromatic carbocycles. The van der Waals surface area contributed by atoms with E-state index in [1.807, 2.05) is 0 Å². The van der Waals surface area contributed by atoms with E-state index in [0.29, 0.717) is 0 Å². The van der Waals surface area contributed by atoms with E-state index in [0.717, 1.165) is 0 Å². The highest BCUT2D eigenvalue weighted by Gasteiger charge is 2.37. The van der Waals surface area contributed by atoms with Gasteiger partial charge in [-0.2, -0.15) is 0 Å². The first-order valence-electron chi connectivity index (χ1n) is 5.19. The fraction of sp³-hybridized carbons (Fsp3) is 1.00. The van der Waals surface area contributed by atoms with E-state index in [1.165, 1.54) is 0 Å². The lowest BCUT2D eigenvalue weighted by atomic mass is 10.2. The Kier molecular flexibility index (Phi) is 5.99. The summed E-state index contributed by atoms with van der Waals surface area (Å²) in [6, 6.07) is 0. The normalized spacial score (nSPS) is 17.6. The highest BCUT2D eigenvalue weighted by Crippen LogP contribution is 2.36. The summed E-state index contributed by atoms with van der Waals surface area (Å²) in [4.78, 5) is -0.303. The molecule has 0 aromatic heterocycles. The second-order valence-electron chi connectivity index (χ2n) is 5.34. The molecular weight excluding hydrogens is 276 g/mol. The maximum atomic E-state index is 9.64. The van der Waals surface area contributed by atoms with Crippen molar-refractivity contribution in [1.29, 1.82) is 0 Å². The maximum absolute atomic E-state index is 9.64. The summed E-state index contributed by atoms with van der Waals surface area (Å²) in [5, 5.41) is 18.6. The predicted octanol–water partition coefficient (Wildman–Crippen LogP) is 2.12. The zero-order chi connectivity index (χ0) is 12.3. The second-order valence-corrected chi connectivity index (χ2v) is 11.3. The van der Waals surface area contributed by atoms with Gasteiger partial charge in [-0.3, -0.25) is 0 Å². The SMILES string of the molecule is CC(C)(C)[Si](C)(C)OC[C@@H](O)[C@@H](Br)CO. The molecule has 3 nitrogen and oxygen atoms in total. The van der Waals surface area contributed by atoms with E-state index in [2.05, 4.69) is 49.8 Å². The molecule has 0 rings (SSSR count). The van der Waals surface area contributed by atoms with E-state index in [9.17, 15) is 5.11 Å². The van der Waals surface area contributed by atoms with Crippen LogP contribution in [0.2, 0.25) is 18.1 Å². The molecule has 2 N–H and O–H groups in total. The summed E-state index contributed by atoms with van der Waals surface area (Å²) in [6.07, 6.45) is -0.649. The van der Waals surface area contributed by atoms with Crippen molar-refractivity contribution in [3.63, 3.8) is 0 Å². The number of hydrogen-bond acceptors (Lipinski definition) is 3. The van der Waals surface area contributed by atoms with Gasteiger partial charge in [-0.15, -0.1) is 0 Å². The van der Waals surface area contributed by atoms with Gasteiger partial charge in [-0.05, 0) is 18.1 Å². The fourth-order valence-corrected chi connectivity index (χ4v) is 1.91. The van der Waals surface area contributed by atoms with E-state index >= 15 is 0 Å². The molecule has 0 aliphatic carbocycles. The number of halogens is 1. The number of rotatable bonds is 5. The van der Waals surface area contributed by atoms with Gasteiger partial charge in [0.1, 0.15) is 0 Å². The summed E-state index contributed by atoms with van der Waals surface area (Å²) in [6.45, 7) is 11.0. The summed E-state index contributed by atoms with van der Waals surface area (Å²) in [5.41, 5.74) is 0. The quantitative estimate of drug-likeness (QED) is 0.604. The molecule has 0 aliphatic rings. The summed E-state index contributed by atoms with van der Waals surface area (Å²) in [5.74, 6) is 0. The van der Waals surface area contributed by atoms with Gasteiger partial charge in [0, 0.05) is 0 Å². The molecule has 0 fully saturated rings. The first-order valence-corrected chi connectivity index (χ1v) is 9.01. The van der Waals surface area contributed by atoms with E-state index in [-0.39, 0.29) is 23.1 Å². The van der Waals surface area contributed by atoms with E-state index < -0.39 is 14.4 Å². The van der Waals surface area contributed by atoms with Crippen molar-refractivity contribution in [2.24, 2.45) is 0 Å². The van der Waals surface area contributed by atoms with Crippen molar-refractivity contribution in [2.75, 3.05) is 13.2 Å². The highest BCUT2D eigenvalue weighted by atomic mass is 79.9. The Morgan fingerprint density at radius 3 is 2.13 bits per heavy atom. The Morgan fingerprint density at radius 1 is 1.33 bits per heavy atom. The number of alkyl halides is 1. The summed E-state index contributed by atoms with van der Waals surface area (Å²) in [7, 11) is -1.79. The Labute approximate surface area is 102 Å². The van der Waals surface area contributed by atoms with Gasteiger partial charge in [-0.1, -0.05) is 36.7 Å². The summed E-state index contributed by atoms with van der Waals surface area (Å²) < 4.78 is 5.83. The van der Waals surface area contributed by atoms with Crippen molar-refractivity contribution >= 4 is 24.2 Å². The second kappa shape index (κ2) is 5.77. The molecule has 0 spiro atoms. The van der Waals surface area contributed by atoms with Crippen LogP contribution in [-0.4, -0.2) is 42.7 Å². The molecule has 0 heterocycles. The van der Waals surface area contributed by atoms with Crippen LogP contribution < -0.4 is 0 Å². The van der Waals surface area contributed by atoms with Gasteiger partial charge in [0.15, 0.2) is 8.32 Å². The average molecular weight is 299 g/mol. The number of aliphatic hydroxyl groups excluding tert-OH is 2. The molecule has 92 valence electrons. The van der Waals surface area contributed by atoms with Gasteiger partial charge in [0.2, 0.25) is 0 Å². The molecule has 0 saturated heterocycles. The van der Waals surface area contributed by atoms with Crippen LogP contribution in [-0.2, 0) is 4.43 Å². The standard InChI is InChI=1S/C10H23BrO3Si/c1-10(2,3)15(4,5)14-7-9(13)8(11)6-12/h8-9,12-13H,6-7H2,1-5H3/t8-,9+/m0/s1. The van der Waals surface area contributed by atoms with Gasteiger partial charge in [0.05, 0.1) is 24.1 Å². The molecular formula is C10H23BrO3Si.